The lowest BCUT2D eigenvalue weighted by molar-refractivity contribution is 0.0524. The van der Waals surface area contributed by atoms with Crippen LogP contribution in [0.2, 0.25) is 0 Å². The lowest BCUT2D eigenvalue weighted by Gasteiger charge is -2.11. The Kier molecular flexibility index (Phi) is 12.5. The summed E-state index contributed by atoms with van der Waals surface area (Å²) in [5.41, 5.74) is 3.37. The SMILES string of the molecule is CCOC(=O)c1ccc(NC(=O)c2ccccc2F)cc1CC.CCc1cc(NC(=O)c2ccccc2F)ccc1C(=O)OC. The minimum Gasteiger partial charge on any atom is -0.465 e. The maximum absolute atomic E-state index is 13.6. The van der Waals surface area contributed by atoms with Crippen molar-refractivity contribution >= 4 is 35.1 Å². The first-order valence-electron chi connectivity index (χ1n) is 14.3. The number of anilines is 2. The van der Waals surface area contributed by atoms with Crippen LogP contribution in [0, 0.1) is 11.6 Å². The number of carbonyl (C=O) groups is 4. The molecular formula is C35H34F2N2O6. The van der Waals surface area contributed by atoms with Crippen LogP contribution in [0.3, 0.4) is 0 Å². The average molecular weight is 617 g/mol. The molecule has 0 heterocycles. The van der Waals surface area contributed by atoms with E-state index >= 15 is 0 Å². The van der Waals surface area contributed by atoms with Crippen molar-refractivity contribution in [2.45, 2.75) is 33.6 Å². The topological polar surface area (TPSA) is 111 Å². The first-order chi connectivity index (χ1) is 21.6. The van der Waals surface area contributed by atoms with Gasteiger partial charge in [0.05, 0.1) is 36.0 Å². The Morgan fingerprint density at radius 2 is 1.02 bits per heavy atom. The van der Waals surface area contributed by atoms with Gasteiger partial charge in [-0.2, -0.15) is 0 Å². The smallest absolute Gasteiger partial charge is 0.338 e. The molecule has 0 aliphatic carbocycles. The van der Waals surface area contributed by atoms with Gasteiger partial charge in [0, 0.05) is 11.4 Å². The maximum Gasteiger partial charge on any atom is 0.338 e. The Hall–Kier alpha value is -5.38. The third-order valence-electron chi connectivity index (χ3n) is 6.63. The molecule has 4 aromatic rings. The van der Waals surface area contributed by atoms with Crippen molar-refractivity contribution in [3.63, 3.8) is 0 Å². The number of nitrogens with one attached hydrogen (secondary N) is 2. The van der Waals surface area contributed by atoms with Gasteiger partial charge in [0.1, 0.15) is 11.6 Å². The molecule has 45 heavy (non-hydrogen) atoms. The summed E-state index contributed by atoms with van der Waals surface area (Å²) < 4.78 is 36.9. The Balaban J connectivity index is 0.000000246. The summed E-state index contributed by atoms with van der Waals surface area (Å²) in [5.74, 6) is -3.05. The molecular weight excluding hydrogens is 582 g/mol. The molecule has 0 atom stereocenters. The van der Waals surface area contributed by atoms with Crippen LogP contribution in [-0.4, -0.2) is 37.5 Å². The van der Waals surface area contributed by atoms with E-state index < -0.39 is 35.4 Å². The molecule has 0 aliphatic rings. The van der Waals surface area contributed by atoms with Crippen molar-refractivity contribution in [3.05, 3.63) is 130 Å². The molecule has 234 valence electrons. The molecule has 4 aromatic carbocycles. The quantitative estimate of drug-likeness (QED) is 0.192. The van der Waals surface area contributed by atoms with Crippen LogP contribution in [0.5, 0.6) is 0 Å². The van der Waals surface area contributed by atoms with Gasteiger partial charge in [0.15, 0.2) is 0 Å². The van der Waals surface area contributed by atoms with Gasteiger partial charge < -0.3 is 20.1 Å². The Bertz CT molecular complexity index is 1690. The highest BCUT2D eigenvalue weighted by Crippen LogP contribution is 2.20. The van der Waals surface area contributed by atoms with E-state index in [0.29, 0.717) is 42.0 Å². The average Bonchev–Trinajstić information content (AvgIpc) is 3.05. The number of ether oxygens (including phenoxy) is 2. The fraction of sp³-hybridized carbons (Fsp3) is 0.200. The summed E-state index contributed by atoms with van der Waals surface area (Å²) in [4.78, 5) is 47.7. The fourth-order valence-electron chi connectivity index (χ4n) is 4.33. The molecule has 8 nitrogen and oxygen atoms in total. The van der Waals surface area contributed by atoms with Crippen molar-refractivity contribution in [1.82, 2.24) is 0 Å². The van der Waals surface area contributed by atoms with Crippen molar-refractivity contribution in [2.24, 2.45) is 0 Å². The number of hydrogen-bond donors (Lipinski definition) is 2. The van der Waals surface area contributed by atoms with Gasteiger partial charge in [-0.1, -0.05) is 38.1 Å². The molecule has 2 N–H and O–H groups in total. The lowest BCUT2D eigenvalue weighted by atomic mass is 10.0. The second kappa shape index (κ2) is 16.5. The minimum absolute atomic E-state index is 0.0278. The molecule has 4 rings (SSSR count). The standard InChI is InChI=1S/C18H18FNO3.C17H16FNO3/c1-3-12-11-13(9-10-14(12)18(22)23-4-2)20-17(21)15-7-5-6-8-16(15)19;1-3-11-10-12(8-9-13(11)17(21)22-2)19-16(20)14-6-4-5-7-15(14)18/h5-11H,3-4H2,1-2H3,(H,20,21);4-10H,3H2,1-2H3,(H,19,20). The Labute approximate surface area is 260 Å². The summed E-state index contributed by atoms with van der Waals surface area (Å²) in [7, 11) is 1.32. The number of esters is 2. The number of aryl methyl sites for hydroxylation is 2. The van der Waals surface area contributed by atoms with E-state index in [1.807, 2.05) is 13.8 Å². The third-order valence-corrected chi connectivity index (χ3v) is 6.63. The number of hydrogen-bond acceptors (Lipinski definition) is 6. The second-order valence-electron chi connectivity index (χ2n) is 9.53. The van der Waals surface area contributed by atoms with Crippen LogP contribution >= 0.6 is 0 Å². The Morgan fingerprint density at radius 3 is 1.40 bits per heavy atom. The summed E-state index contributed by atoms with van der Waals surface area (Å²) >= 11 is 0. The van der Waals surface area contributed by atoms with Gasteiger partial charge >= 0.3 is 11.9 Å². The van der Waals surface area contributed by atoms with Gasteiger partial charge in [0.2, 0.25) is 0 Å². The third kappa shape index (κ3) is 9.06. The van der Waals surface area contributed by atoms with E-state index in [9.17, 15) is 28.0 Å². The highest BCUT2D eigenvalue weighted by Gasteiger charge is 2.16. The number of benzene rings is 4. The number of rotatable bonds is 9. The second-order valence-corrected chi connectivity index (χ2v) is 9.53. The minimum atomic E-state index is -0.582. The summed E-state index contributed by atoms with van der Waals surface area (Å²) in [5, 5.41) is 5.27. The van der Waals surface area contributed by atoms with Gasteiger partial charge in [0.25, 0.3) is 11.8 Å². The molecule has 0 spiro atoms. The normalized spacial score (nSPS) is 10.2. The predicted molar refractivity (Wildman–Crippen MR) is 168 cm³/mol. The van der Waals surface area contributed by atoms with Crippen molar-refractivity contribution in [3.8, 4) is 0 Å². The van der Waals surface area contributed by atoms with Crippen LogP contribution in [-0.2, 0) is 22.3 Å². The molecule has 0 bridgehead atoms. The van der Waals surface area contributed by atoms with Crippen molar-refractivity contribution in [1.29, 1.82) is 0 Å². The zero-order valence-electron chi connectivity index (χ0n) is 25.4. The first-order valence-corrected chi connectivity index (χ1v) is 14.3. The van der Waals surface area contributed by atoms with E-state index in [1.165, 1.54) is 43.5 Å². The van der Waals surface area contributed by atoms with E-state index in [1.54, 1.807) is 55.5 Å². The fourth-order valence-corrected chi connectivity index (χ4v) is 4.33. The van der Waals surface area contributed by atoms with Crippen LogP contribution < -0.4 is 10.6 Å². The van der Waals surface area contributed by atoms with E-state index in [0.717, 1.165) is 11.1 Å². The predicted octanol–water partition coefficient (Wildman–Crippen LogP) is 7.24. The molecule has 0 saturated carbocycles. The van der Waals surface area contributed by atoms with Crippen LogP contribution in [0.1, 0.15) is 73.3 Å². The zero-order chi connectivity index (χ0) is 32.9. The van der Waals surface area contributed by atoms with Gasteiger partial charge in [-0.25, -0.2) is 18.4 Å². The van der Waals surface area contributed by atoms with Gasteiger partial charge in [-0.15, -0.1) is 0 Å². The van der Waals surface area contributed by atoms with Gasteiger partial charge in [-0.3, -0.25) is 9.59 Å². The maximum atomic E-state index is 13.6. The molecule has 0 saturated heterocycles. The zero-order valence-corrected chi connectivity index (χ0v) is 25.4. The van der Waals surface area contributed by atoms with Crippen molar-refractivity contribution in [2.75, 3.05) is 24.4 Å². The number of halogens is 2. The molecule has 0 fully saturated rings. The monoisotopic (exact) mass is 616 g/mol. The molecule has 0 aromatic heterocycles. The number of amides is 2. The largest absolute Gasteiger partial charge is 0.465 e. The van der Waals surface area contributed by atoms with Crippen LogP contribution in [0.15, 0.2) is 84.9 Å². The first kappa shape index (κ1) is 34.1. The molecule has 0 aliphatic heterocycles. The van der Waals surface area contributed by atoms with Crippen LogP contribution in [0.4, 0.5) is 20.2 Å². The van der Waals surface area contributed by atoms with Crippen molar-refractivity contribution < 1.29 is 37.4 Å². The highest BCUT2D eigenvalue weighted by atomic mass is 19.1. The van der Waals surface area contributed by atoms with Crippen LogP contribution in [0.25, 0.3) is 0 Å². The summed E-state index contributed by atoms with van der Waals surface area (Å²) in [6.07, 6.45) is 1.21. The summed E-state index contributed by atoms with van der Waals surface area (Å²) in [6.45, 7) is 5.84. The lowest BCUT2D eigenvalue weighted by Crippen LogP contribution is -2.14. The molecule has 0 unspecified atom stereocenters. The van der Waals surface area contributed by atoms with E-state index in [4.69, 9.17) is 9.47 Å². The molecule has 0 radical (unpaired) electrons. The number of carbonyl (C=O) groups excluding carboxylic acids is 4. The highest BCUT2D eigenvalue weighted by molar-refractivity contribution is 6.05. The number of methoxy groups -OCH3 is 1. The molecule has 2 amide bonds. The summed E-state index contributed by atoms with van der Waals surface area (Å²) in [6, 6.07) is 21.3. The molecule has 10 heteroatoms. The van der Waals surface area contributed by atoms with E-state index in [2.05, 4.69) is 10.6 Å². The van der Waals surface area contributed by atoms with Gasteiger partial charge in [-0.05, 0) is 91.6 Å². The Morgan fingerprint density at radius 1 is 0.600 bits per heavy atom. The van der Waals surface area contributed by atoms with E-state index in [-0.39, 0.29) is 11.1 Å².